The zero-order valence-electron chi connectivity index (χ0n) is 37.7. The summed E-state index contributed by atoms with van der Waals surface area (Å²) < 4.78 is 4.10. The van der Waals surface area contributed by atoms with Crippen LogP contribution in [0.25, 0.3) is 0 Å². The van der Waals surface area contributed by atoms with Gasteiger partial charge in [-0.25, -0.2) is 0 Å². The molecule has 9 heterocycles. The summed E-state index contributed by atoms with van der Waals surface area (Å²) in [6.07, 6.45) is 11.6. The highest BCUT2D eigenvalue weighted by molar-refractivity contribution is 4.71. The molecule has 310 valence electrons. The zero-order valence-corrected chi connectivity index (χ0v) is 37.7. The fraction of sp³-hybridized carbons (Fsp3) is 1.00. The largest absolute Gasteiger partial charge is 0.337 e. The quantitative estimate of drug-likeness (QED) is 0.274. The van der Waals surface area contributed by atoms with Crippen LogP contribution in [0.15, 0.2) is 0 Å². The van der Waals surface area contributed by atoms with Gasteiger partial charge in [0.05, 0.1) is 75.5 Å². The maximum Gasteiger partial charge on any atom is 0.129 e. The Hall–Kier alpha value is -0.280. The van der Waals surface area contributed by atoms with Crippen molar-refractivity contribution >= 4 is 0 Å². The van der Waals surface area contributed by atoms with E-state index in [4.69, 9.17) is 0 Å². The number of hydrogen-bond donors (Lipinski definition) is 4. The van der Waals surface area contributed by atoms with Gasteiger partial charge in [-0.3, -0.25) is 0 Å². The van der Waals surface area contributed by atoms with Crippen LogP contribution < -0.4 is 19.6 Å². The molecule has 9 aliphatic rings. The number of piperazine rings is 6. The third-order valence-electron chi connectivity index (χ3n) is 15.2. The Bertz CT molecular complexity index is 905. The van der Waals surface area contributed by atoms with Crippen molar-refractivity contribution in [3.63, 3.8) is 0 Å². The lowest BCUT2D eigenvalue weighted by molar-refractivity contribution is -1.09. The molecule has 0 amide bonds. The van der Waals surface area contributed by atoms with Crippen LogP contribution >= 0.6 is 0 Å². The van der Waals surface area contributed by atoms with Gasteiger partial charge < -0.3 is 33.0 Å². The molecule has 0 aromatic heterocycles. The van der Waals surface area contributed by atoms with E-state index in [0.717, 1.165) is 0 Å². The van der Waals surface area contributed by atoms with E-state index < -0.39 is 0 Å². The molecule has 0 saturated carbocycles. The van der Waals surface area contributed by atoms with Crippen molar-refractivity contribution in [2.75, 3.05) is 132 Å². The van der Waals surface area contributed by atoms with Gasteiger partial charge in [0.15, 0.2) is 0 Å². The molecule has 4 bridgehead atoms. The van der Waals surface area contributed by atoms with Gasteiger partial charge in [0.1, 0.15) is 78.5 Å². The van der Waals surface area contributed by atoms with E-state index in [9.17, 15) is 0 Å². The Morgan fingerprint density at radius 1 is 0.365 bits per heavy atom. The molecule has 0 unspecified atom stereocenters. The second-order valence-corrected chi connectivity index (χ2v) is 22.8. The van der Waals surface area contributed by atoms with E-state index in [1.54, 1.807) is 14.7 Å². The minimum Gasteiger partial charge on any atom is -0.337 e. The molecule has 0 atom stereocenters. The van der Waals surface area contributed by atoms with Crippen molar-refractivity contribution in [3.8, 4) is 0 Å². The van der Waals surface area contributed by atoms with Crippen LogP contribution in [0.4, 0.5) is 0 Å². The summed E-state index contributed by atoms with van der Waals surface area (Å²) >= 11 is 0. The molecule has 0 radical (unpaired) electrons. The SMILES string of the molecule is C.CC(C)(C)[N+]12CC[N+](C)(CC1)CC2.CC(C)(C)[N+]12CC[NH+](CC1)CC2.CC(C)(C)[NH+]1CCCCC1.CC(C)(C)[NH+]1CCCCC1.C[NH+]1CCCC1. The first-order valence-electron chi connectivity index (χ1n) is 22.4. The molecular formula is C45H102N7+7. The Balaban J connectivity index is 0.000000228. The molecular weight excluding hydrogens is 639 g/mol. The van der Waals surface area contributed by atoms with Gasteiger partial charge in [-0.05, 0) is 122 Å². The summed E-state index contributed by atoms with van der Waals surface area (Å²) in [5.41, 5.74) is 1.92. The standard InChI is InChI=1S/C11H24N2.C10H21N2.2C9H19N.C5H11N.CH4/c1-11(2,3)13-8-5-12(4,6-9-13)7-10-13;1-10(2,3)12-7-4-11(5-8-12)6-9-12;2*1-9(2,3)10-7-5-4-6-8-10;1-6-4-2-3-5-6;/h5-10H2,1-4H3;4-9H2,1-3H3;2*4-8H2,1-3H3;2-5H2,1H3;1H4/q+2;+1;;;;/p+4. The van der Waals surface area contributed by atoms with Crippen LogP contribution in [0.1, 0.15) is 142 Å². The second kappa shape index (κ2) is 19.7. The van der Waals surface area contributed by atoms with Gasteiger partial charge in [-0.1, -0.05) is 7.43 Å². The Labute approximate surface area is 328 Å². The van der Waals surface area contributed by atoms with E-state index >= 15 is 0 Å². The van der Waals surface area contributed by atoms with Gasteiger partial charge in [0.2, 0.25) is 0 Å². The summed E-state index contributed by atoms with van der Waals surface area (Å²) in [4.78, 5) is 7.13. The van der Waals surface area contributed by atoms with Gasteiger partial charge >= 0.3 is 0 Å². The molecule has 9 rings (SSSR count). The van der Waals surface area contributed by atoms with E-state index in [0.29, 0.717) is 22.2 Å². The molecule has 0 aromatic carbocycles. The van der Waals surface area contributed by atoms with E-state index in [-0.39, 0.29) is 7.43 Å². The monoisotopic (exact) mass is 741 g/mol. The summed E-state index contributed by atoms with van der Waals surface area (Å²) in [6, 6.07) is 0. The Kier molecular flexibility index (Phi) is 18.2. The molecule has 0 aromatic rings. The molecule has 4 N–H and O–H groups in total. The first-order valence-corrected chi connectivity index (χ1v) is 22.4. The first-order chi connectivity index (χ1) is 23.5. The Morgan fingerprint density at radius 2 is 0.654 bits per heavy atom. The third-order valence-corrected chi connectivity index (χ3v) is 15.2. The number of nitrogens with zero attached hydrogens (tertiary/aromatic N) is 3. The lowest BCUT2D eigenvalue weighted by Crippen LogP contribution is -3.19. The highest BCUT2D eigenvalue weighted by Gasteiger charge is 2.52. The molecule has 0 spiro atoms. The number of hydrogen-bond acceptors (Lipinski definition) is 0. The van der Waals surface area contributed by atoms with Gasteiger partial charge in [-0.15, -0.1) is 0 Å². The Morgan fingerprint density at radius 3 is 0.865 bits per heavy atom. The highest BCUT2D eigenvalue weighted by Crippen LogP contribution is 2.33. The number of fused-ring (bicyclic) bond motifs is 6. The molecule has 52 heavy (non-hydrogen) atoms. The number of nitrogens with one attached hydrogen (secondary N) is 4. The summed E-state index contributed by atoms with van der Waals surface area (Å²) in [5, 5.41) is 0. The van der Waals surface area contributed by atoms with Crippen LogP contribution in [0.5, 0.6) is 0 Å². The van der Waals surface area contributed by atoms with Crippen LogP contribution in [0.3, 0.4) is 0 Å². The van der Waals surface area contributed by atoms with Crippen molar-refractivity contribution in [2.45, 2.75) is 164 Å². The van der Waals surface area contributed by atoms with Crippen molar-refractivity contribution in [2.24, 2.45) is 0 Å². The summed E-state index contributed by atoms with van der Waals surface area (Å²) in [7, 11) is 4.68. The molecule has 9 fully saturated rings. The number of piperidine rings is 2. The average Bonchev–Trinajstić information content (AvgIpc) is 3.57. The average molecular weight is 741 g/mol. The van der Waals surface area contributed by atoms with Crippen molar-refractivity contribution in [3.05, 3.63) is 0 Å². The number of likely N-dealkylation sites (tertiary alicyclic amines) is 3. The van der Waals surface area contributed by atoms with Gasteiger partial charge in [0.25, 0.3) is 0 Å². The van der Waals surface area contributed by atoms with E-state index in [1.165, 1.54) is 183 Å². The lowest BCUT2D eigenvalue weighted by atomic mass is 9.95. The van der Waals surface area contributed by atoms with Crippen LogP contribution in [-0.2, 0) is 0 Å². The van der Waals surface area contributed by atoms with Crippen LogP contribution in [0, 0.1) is 0 Å². The molecule has 7 nitrogen and oxygen atoms in total. The van der Waals surface area contributed by atoms with Crippen molar-refractivity contribution in [1.82, 2.24) is 0 Å². The minimum absolute atomic E-state index is 0. The fourth-order valence-electron chi connectivity index (χ4n) is 10.2. The highest BCUT2D eigenvalue weighted by atomic mass is 15.5. The molecule has 7 heteroatoms. The van der Waals surface area contributed by atoms with Crippen LogP contribution in [-0.4, -0.2) is 168 Å². The van der Waals surface area contributed by atoms with E-state index in [2.05, 4.69) is 97.2 Å². The molecule has 9 aliphatic heterocycles. The van der Waals surface area contributed by atoms with Crippen molar-refractivity contribution in [1.29, 1.82) is 0 Å². The smallest absolute Gasteiger partial charge is 0.129 e. The number of likely N-dealkylation sites (N-methyl/N-ethyl adjacent to an activating group) is 1. The lowest BCUT2D eigenvalue weighted by Gasteiger charge is -2.59. The van der Waals surface area contributed by atoms with Gasteiger partial charge in [-0.2, -0.15) is 0 Å². The molecule has 9 saturated heterocycles. The van der Waals surface area contributed by atoms with Crippen molar-refractivity contribution < 1.29 is 33.0 Å². The second-order valence-electron chi connectivity index (χ2n) is 22.8. The predicted molar refractivity (Wildman–Crippen MR) is 227 cm³/mol. The third kappa shape index (κ3) is 14.0. The molecule has 0 aliphatic carbocycles. The predicted octanol–water partition coefficient (Wildman–Crippen LogP) is 2.23. The van der Waals surface area contributed by atoms with E-state index in [1.807, 2.05) is 4.90 Å². The first kappa shape index (κ1) is 47.9. The minimum atomic E-state index is 0. The number of rotatable bonds is 0. The fourth-order valence-corrected chi connectivity index (χ4v) is 10.2. The summed E-state index contributed by atoms with van der Waals surface area (Å²) in [6.45, 7) is 53.8. The van der Waals surface area contributed by atoms with Gasteiger partial charge in [0, 0.05) is 12.8 Å². The maximum absolute atomic E-state index is 2.43. The number of quaternary nitrogens is 7. The maximum atomic E-state index is 2.43. The summed E-state index contributed by atoms with van der Waals surface area (Å²) in [5.74, 6) is 0. The van der Waals surface area contributed by atoms with Crippen LogP contribution in [0.2, 0.25) is 0 Å². The normalized spacial score (nSPS) is 32.8. The topological polar surface area (TPSA) is 17.8 Å². The zero-order chi connectivity index (χ0) is 38.2.